The molecule has 0 radical (unpaired) electrons. The molecule has 0 aromatic rings. The van der Waals surface area contributed by atoms with Gasteiger partial charge in [0.25, 0.3) is 0 Å². The zero-order valence-corrected chi connectivity index (χ0v) is 51.9. The van der Waals surface area contributed by atoms with E-state index < -0.39 is 211 Å². The van der Waals surface area contributed by atoms with Crippen LogP contribution in [0.15, 0.2) is 0 Å². The number of thioether (sulfide) groups is 1. The third-order valence-electron chi connectivity index (χ3n) is 13.9. The van der Waals surface area contributed by atoms with E-state index in [1.807, 2.05) is 21.3 Å². The number of rotatable bonds is 41. The molecule has 1 heterocycles. The van der Waals surface area contributed by atoms with Gasteiger partial charge in [0, 0.05) is 12.8 Å². The van der Waals surface area contributed by atoms with Gasteiger partial charge in [0.15, 0.2) is 0 Å². The molecule has 1 fully saturated rings. The Labute approximate surface area is 509 Å². The second kappa shape index (κ2) is 38.8. The first kappa shape index (κ1) is 76.9. The Morgan fingerprint density at radius 3 is 1.24 bits per heavy atom. The van der Waals surface area contributed by atoms with Gasteiger partial charge < -0.3 is 41.7 Å². The Morgan fingerprint density at radius 1 is 0.477 bits per heavy atom. The predicted molar refractivity (Wildman–Crippen MR) is 307 cm³/mol. The molecule has 1 saturated heterocycles. The monoisotopic (exact) mass is 1310 g/mol. The number of nitrogens with one attached hydrogen (secondary N) is 11. The summed E-state index contributed by atoms with van der Waals surface area (Å²) in [4.78, 5) is 195. The fraction of sp³-hybridized carbons (Fsp3) is 0.712. The van der Waals surface area contributed by atoms with Gasteiger partial charge in [0.05, 0.1) is 6.04 Å². The van der Waals surface area contributed by atoms with Crippen molar-refractivity contribution >= 4 is 117 Å². The molecule has 0 aliphatic carbocycles. The molecule has 86 heavy (non-hydrogen) atoms. The summed E-state index contributed by atoms with van der Waals surface area (Å²) >= 11 is 3.28. The molecular formula is C52H85N11O21SSe. The molecule has 1 aliphatic heterocycles. The Morgan fingerprint density at radius 2 is 0.849 bits per heavy atom. The molecule has 486 valence electrons. The van der Waals surface area contributed by atoms with Gasteiger partial charge in [-0.3, -0.25) is 33.6 Å². The van der Waals surface area contributed by atoms with Gasteiger partial charge in [-0.15, -0.1) is 0 Å². The summed E-state index contributed by atoms with van der Waals surface area (Å²) in [6.07, 6.45) is -2.66. The third kappa shape index (κ3) is 27.0. The van der Waals surface area contributed by atoms with Crippen LogP contribution in [0.2, 0.25) is 5.32 Å². The van der Waals surface area contributed by atoms with Crippen molar-refractivity contribution in [3.8, 4) is 0 Å². The summed E-state index contributed by atoms with van der Waals surface area (Å²) in [6.45, 7) is 11.1. The molecule has 0 aromatic carbocycles. The van der Waals surface area contributed by atoms with E-state index in [-0.39, 0.29) is 31.0 Å². The first-order valence-corrected chi connectivity index (χ1v) is 30.6. The molecule has 32 nitrogen and oxygen atoms in total. The molecule has 0 aromatic heterocycles. The minimum absolute atomic E-state index is 0.0287. The summed E-state index contributed by atoms with van der Waals surface area (Å²) in [5.74, 6) is -19.7. The molecule has 10 amide bonds. The predicted octanol–water partition coefficient (Wildman–Crippen LogP) is -4.45. The topological polar surface area (TPSA) is 510 Å². The first-order valence-electron chi connectivity index (χ1n) is 27.9. The van der Waals surface area contributed by atoms with Crippen LogP contribution in [0.4, 0.5) is 0 Å². The average molecular weight is 1310 g/mol. The maximum absolute atomic E-state index is 14.1. The van der Waals surface area contributed by atoms with Gasteiger partial charge in [0.2, 0.25) is 17.7 Å². The number of aliphatic hydroxyl groups is 1. The molecule has 1 rings (SSSR count). The van der Waals surface area contributed by atoms with E-state index in [0.29, 0.717) is 25.1 Å². The van der Waals surface area contributed by atoms with Crippen LogP contribution < -0.4 is 58.5 Å². The van der Waals surface area contributed by atoms with Crippen LogP contribution in [-0.4, -0.2) is 227 Å². The second-order valence-electron chi connectivity index (χ2n) is 21.1. The number of carbonyl (C=O) groups excluding carboxylic acids is 10. The molecule has 14 atom stereocenters. The zero-order valence-electron chi connectivity index (χ0n) is 49.2. The van der Waals surface area contributed by atoms with Crippen molar-refractivity contribution < 1.29 is 103 Å². The van der Waals surface area contributed by atoms with E-state index >= 15 is 0 Å². The number of aliphatic carboxylic acids is 5. The van der Waals surface area contributed by atoms with Crippen LogP contribution in [0.25, 0.3) is 0 Å². The zero-order chi connectivity index (χ0) is 65.7. The third-order valence-corrected chi connectivity index (χ3v) is 15.3. The van der Waals surface area contributed by atoms with Crippen molar-refractivity contribution in [2.45, 2.75) is 197 Å². The Kier molecular flexibility index (Phi) is 34.7. The second-order valence-corrected chi connectivity index (χ2v) is 22.8. The quantitative estimate of drug-likeness (QED) is 0.0257. The number of hydrogen-bond donors (Lipinski definition) is 17. The van der Waals surface area contributed by atoms with Crippen molar-refractivity contribution in [2.24, 2.45) is 17.8 Å². The Bertz CT molecular complexity index is 2420. The standard InChI is InChI=1S/C52H85N11O21SSe/c1-9-24(5)39(61-48(79)38(23(3)4)60-44(75)29(17-19-85-8)55-43(74)28(13-15-34(65)66)54-42(73)27-12-11-18-53-27)49(80)58-32(21-37(71)72)46(77)59-33(22-86)47(78)63-41(26(7)64)51(82)62-40(25(6)10-2)50(81)57-31(20-36(69)70)45(76)56-30(52(83)84)14-16-35(67)68/h23-33,38-41,53,64,86H,9-22H2,1-8H3,(H,54,73)(H,55,74)(H,56,76)(H,57,81)(H,58,80)(H,59,77)(H,60,75)(H,61,79)(H,62,82)(H,63,78)(H,65,66)(H,67,68)(H,69,70)(H,71,72)(H,83,84)/t24-,25-,26+,27-,28-,29-,30-,31-,32-,33-,38-,39-,40-,41-/m0/s1. The van der Waals surface area contributed by atoms with Crippen molar-refractivity contribution in [1.29, 1.82) is 0 Å². The summed E-state index contributed by atoms with van der Waals surface area (Å²) < 4.78 is 0. The fourth-order valence-electron chi connectivity index (χ4n) is 8.39. The summed E-state index contributed by atoms with van der Waals surface area (Å²) in [6, 6.07) is -17.0. The SMILES string of the molecule is CC[C@H](C)[C@H](NC(=O)[C@@H](NC(=O)[C@H](CCSC)NC(=O)[C@H](CCC(=O)O)NC(=O)[C@@H]1CCCN1)C(C)C)C(=O)N[C@@H](CC(=O)O)C(=O)N[C@@H](C[SeH])C(=O)N[C@H](C(=O)N[C@H](C(=O)N[C@@H](CC(=O)O)C(=O)N[C@@H](CCC(=O)O)C(=O)O)[C@@H](C)CC)[C@@H](C)O. The van der Waals surface area contributed by atoms with Gasteiger partial charge >= 0.3 is 300 Å². The van der Waals surface area contributed by atoms with Crippen molar-refractivity contribution in [3.63, 3.8) is 0 Å². The van der Waals surface area contributed by atoms with Crippen LogP contribution in [-0.2, 0) is 71.9 Å². The van der Waals surface area contributed by atoms with E-state index in [2.05, 4.69) is 53.2 Å². The Hall–Kier alpha value is -7.16. The maximum atomic E-state index is 14.1. The average Bonchev–Trinajstić information content (AvgIpc) is 3.08. The number of hydrogen-bond acceptors (Lipinski definition) is 18. The summed E-state index contributed by atoms with van der Waals surface area (Å²) in [5.41, 5.74) is 0. The van der Waals surface area contributed by atoms with Crippen LogP contribution >= 0.6 is 11.8 Å². The molecule has 0 bridgehead atoms. The van der Waals surface area contributed by atoms with Gasteiger partial charge in [-0.1, -0.05) is 13.8 Å². The molecule has 0 saturated carbocycles. The molecule has 17 N–H and O–H groups in total. The molecule has 0 unspecified atom stereocenters. The van der Waals surface area contributed by atoms with Crippen LogP contribution in [0.1, 0.15) is 119 Å². The number of aliphatic hydroxyl groups excluding tert-OH is 1. The van der Waals surface area contributed by atoms with Crippen LogP contribution in [0, 0.1) is 17.8 Å². The number of amides is 10. The number of carboxylic acids is 5. The fourth-order valence-corrected chi connectivity index (χ4v) is 9.40. The van der Waals surface area contributed by atoms with Gasteiger partial charge in [-0.2, -0.15) is 11.8 Å². The van der Waals surface area contributed by atoms with Gasteiger partial charge in [0.1, 0.15) is 18.1 Å². The van der Waals surface area contributed by atoms with Crippen LogP contribution in [0.3, 0.4) is 0 Å². The number of carbonyl (C=O) groups is 15. The molecule has 1 aliphatic rings. The van der Waals surface area contributed by atoms with Crippen molar-refractivity contribution in [1.82, 2.24) is 58.5 Å². The van der Waals surface area contributed by atoms with E-state index in [1.165, 1.54) is 18.7 Å². The van der Waals surface area contributed by atoms with Crippen molar-refractivity contribution in [2.75, 3.05) is 18.6 Å². The van der Waals surface area contributed by atoms with E-state index in [1.54, 1.807) is 40.9 Å². The molecule has 34 heteroatoms. The van der Waals surface area contributed by atoms with Gasteiger partial charge in [-0.05, 0) is 50.7 Å². The molecule has 0 spiro atoms. The normalized spacial score (nSPS) is 17.4. The van der Waals surface area contributed by atoms with Crippen molar-refractivity contribution in [3.05, 3.63) is 0 Å². The Balaban J connectivity index is 3.39. The summed E-state index contributed by atoms with van der Waals surface area (Å²) in [5, 5.41) is 84.3. The van der Waals surface area contributed by atoms with Gasteiger partial charge in [-0.25, -0.2) is 4.79 Å². The first-order chi connectivity index (χ1) is 40.2. The van der Waals surface area contributed by atoms with E-state index in [0.717, 1.165) is 6.92 Å². The van der Waals surface area contributed by atoms with E-state index in [9.17, 15) is 97.5 Å². The minimum atomic E-state index is -1.96. The van der Waals surface area contributed by atoms with E-state index in [4.69, 9.17) is 5.11 Å². The van der Waals surface area contributed by atoms with Crippen LogP contribution in [0.5, 0.6) is 0 Å². The number of carboxylic acid groups (broad SMARTS) is 5. The summed E-state index contributed by atoms with van der Waals surface area (Å²) in [7, 11) is 0. The molecular weight excluding hydrogens is 1230 g/mol.